The van der Waals surface area contributed by atoms with E-state index in [9.17, 15) is 13.2 Å². The van der Waals surface area contributed by atoms with E-state index in [4.69, 9.17) is 11.6 Å². The highest BCUT2D eigenvalue weighted by atomic mass is 35.5. The molecule has 1 amide bonds. The van der Waals surface area contributed by atoms with Gasteiger partial charge in [0, 0.05) is 30.6 Å². The Labute approximate surface area is 173 Å². The molecular formula is C20H30ClN3O3S. The van der Waals surface area contributed by atoms with Crippen LogP contribution in [0.25, 0.3) is 0 Å². The maximum atomic E-state index is 12.2. The minimum absolute atomic E-state index is 0.00127. The number of rotatable bonds is 8. The average molecular weight is 428 g/mol. The highest BCUT2D eigenvalue weighted by Gasteiger charge is 2.32. The van der Waals surface area contributed by atoms with Crippen LogP contribution in [0, 0.1) is 5.92 Å². The molecule has 2 heterocycles. The lowest BCUT2D eigenvalue weighted by Gasteiger charge is -2.44. The van der Waals surface area contributed by atoms with Crippen molar-refractivity contribution in [2.75, 3.05) is 26.2 Å². The molecule has 0 radical (unpaired) electrons. The van der Waals surface area contributed by atoms with Gasteiger partial charge in [-0.2, -0.15) is 0 Å². The molecule has 0 aliphatic carbocycles. The van der Waals surface area contributed by atoms with Crippen LogP contribution >= 0.6 is 11.6 Å². The molecule has 0 spiro atoms. The number of fused-ring (bicyclic) bond motifs is 1. The van der Waals surface area contributed by atoms with Gasteiger partial charge < -0.3 is 10.2 Å². The summed E-state index contributed by atoms with van der Waals surface area (Å²) < 4.78 is 26.9. The Balaban J connectivity index is 1.36. The van der Waals surface area contributed by atoms with E-state index in [2.05, 4.69) is 14.9 Å². The van der Waals surface area contributed by atoms with E-state index >= 15 is 0 Å². The van der Waals surface area contributed by atoms with Crippen molar-refractivity contribution >= 4 is 27.5 Å². The van der Waals surface area contributed by atoms with Gasteiger partial charge in [-0.25, -0.2) is 13.1 Å². The maximum Gasteiger partial charge on any atom is 0.240 e. The summed E-state index contributed by atoms with van der Waals surface area (Å²) in [7, 11) is -3.56. The van der Waals surface area contributed by atoms with Crippen LogP contribution in [0.2, 0.25) is 5.02 Å². The third kappa shape index (κ3) is 5.92. The summed E-state index contributed by atoms with van der Waals surface area (Å²) in [5.74, 6) is 0.542. The third-order valence-electron chi connectivity index (χ3n) is 5.79. The zero-order chi connectivity index (χ0) is 20.0. The van der Waals surface area contributed by atoms with Gasteiger partial charge >= 0.3 is 0 Å². The van der Waals surface area contributed by atoms with Crippen molar-refractivity contribution < 1.29 is 13.2 Å². The fourth-order valence-electron chi connectivity index (χ4n) is 4.30. The van der Waals surface area contributed by atoms with E-state index in [1.165, 1.54) is 57.3 Å². The first kappa shape index (κ1) is 21.6. The molecule has 2 N–H and O–H groups in total. The largest absolute Gasteiger partial charge is 0.356 e. The number of hydrogen-bond acceptors (Lipinski definition) is 4. The lowest BCUT2D eigenvalue weighted by atomic mass is 9.83. The molecule has 0 saturated carbocycles. The molecule has 2 atom stereocenters. The van der Waals surface area contributed by atoms with Crippen molar-refractivity contribution in [1.82, 2.24) is 14.9 Å². The van der Waals surface area contributed by atoms with Crippen molar-refractivity contribution in [3.05, 3.63) is 29.3 Å². The number of sulfonamides is 1. The van der Waals surface area contributed by atoms with Gasteiger partial charge in [-0.1, -0.05) is 18.0 Å². The number of carbonyl (C=O) groups excluding carboxylic acids is 1. The van der Waals surface area contributed by atoms with Gasteiger partial charge in [-0.3, -0.25) is 4.79 Å². The second-order valence-electron chi connectivity index (χ2n) is 7.76. The molecule has 2 saturated heterocycles. The number of halogens is 1. The Morgan fingerprint density at radius 2 is 1.86 bits per heavy atom. The van der Waals surface area contributed by atoms with Crippen LogP contribution in [0.4, 0.5) is 0 Å². The quantitative estimate of drug-likeness (QED) is 0.625. The first-order chi connectivity index (χ1) is 13.5. The van der Waals surface area contributed by atoms with Gasteiger partial charge in [0.05, 0.1) is 4.90 Å². The summed E-state index contributed by atoms with van der Waals surface area (Å²) >= 11 is 5.78. The second-order valence-corrected chi connectivity index (χ2v) is 9.96. The van der Waals surface area contributed by atoms with Gasteiger partial charge in [0.25, 0.3) is 0 Å². The standard InChI is InChI=1S/C20H30ClN3O3S/c21-17-8-10-18(11-9-17)28(26,27)23-12-3-7-20(25)22-15-16-5-4-14-24-13-2-1-6-19(16)24/h8-11,16,19,23H,1-7,12-15H2,(H,22,25). The molecule has 8 heteroatoms. The van der Waals surface area contributed by atoms with E-state index in [0.29, 0.717) is 29.8 Å². The second kappa shape index (κ2) is 10.1. The number of hydrogen-bond donors (Lipinski definition) is 2. The molecule has 28 heavy (non-hydrogen) atoms. The van der Waals surface area contributed by atoms with E-state index in [1.54, 1.807) is 12.1 Å². The third-order valence-corrected chi connectivity index (χ3v) is 7.52. The predicted octanol–water partition coefficient (Wildman–Crippen LogP) is 2.78. The molecule has 0 bridgehead atoms. The Morgan fingerprint density at radius 3 is 2.64 bits per heavy atom. The Hall–Kier alpha value is -1.15. The molecule has 1 aromatic rings. The minimum atomic E-state index is -3.56. The van der Waals surface area contributed by atoms with Crippen molar-refractivity contribution in [2.24, 2.45) is 5.92 Å². The zero-order valence-corrected chi connectivity index (χ0v) is 17.8. The first-order valence-corrected chi connectivity index (χ1v) is 12.1. The zero-order valence-electron chi connectivity index (χ0n) is 16.2. The van der Waals surface area contributed by atoms with Crippen molar-refractivity contribution in [3.8, 4) is 0 Å². The normalized spacial score (nSPS) is 23.2. The fourth-order valence-corrected chi connectivity index (χ4v) is 5.50. The summed E-state index contributed by atoms with van der Waals surface area (Å²) in [4.78, 5) is 14.9. The monoisotopic (exact) mass is 427 g/mol. The predicted molar refractivity (Wildman–Crippen MR) is 111 cm³/mol. The van der Waals surface area contributed by atoms with Crippen LogP contribution < -0.4 is 10.0 Å². The SMILES string of the molecule is O=C(CCCNS(=O)(=O)c1ccc(Cl)cc1)NCC1CCCN2CCCCC12. The molecule has 2 unspecified atom stereocenters. The Bertz CT molecular complexity index is 752. The first-order valence-electron chi connectivity index (χ1n) is 10.2. The van der Waals surface area contributed by atoms with E-state index < -0.39 is 10.0 Å². The average Bonchev–Trinajstić information content (AvgIpc) is 2.70. The fraction of sp³-hybridized carbons (Fsp3) is 0.650. The molecule has 6 nitrogen and oxygen atoms in total. The lowest BCUT2D eigenvalue weighted by Crippen LogP contribution is -2.51. The maximum absolute atomic E-state index is 12.2. The van der Waals surface area contributed by atoms with Crippen LogP contribution in [0.5, 0.6) is 0 Å². The number of nitrogens with one attached hydrogen (secondary N) is 2. The van der Waals surface area contributed by atoms with Gasteiger partial charge in [0.1, 0.15) is 0 Å². The molecule has 1 aromatic carbocycles. The molecule has 2 aliphatic heterocycles. The summed E-state index contributed by atoms with van der Waals surface area (Å²) in [6.07, 6.45) is 7.02. The molecular weight excluding hydrogens is 398 g/mol. The van der Waals surface area contributed by atoms with Crippen LogP contribution in [0.3, 0.4) is 0 Å². The number of nitrogens with zero attached hydrogens (tertiary/aromatic N) is 1. The van der Waals surface area contributed by atoms with Gasteiger partial charge in [0.15, 0.2) is 0 Å². The van der Waals surface area contributed by atoms with E-state index in [1.807, 2.05) is 0 Å². The van der Waals surface area contributed by atoms with Crippen LogP contribution in [0.1, 0.15) is 44.9 Å². The number of benzene rings is 1. The smallest absolute Gasteiger partial charge is 0.240 e. The van der Waals surface area contributed by atoms with Crippen molar-refractivity contribution in [2.45, 2.75) is 55.9 Å². The Kier molecular flexibility index (Phi) is 7.74. The van der Waals surface area contributed by atoms with Crippen molar-refractivity contribution in [3.63, 3.8) is 0 Å². The summed E-state index contributed by atoms with van der Waals surface area (Å²) in [6.45, 7) is 3.36. The molecule has 3 rings (SSSR count). The van der Waals surface area contributed by atoms with Gasteiger partial charge in [0.2, 0.25) is 15.9 Å². The highest BCUT2D eigenvalue weighted by Crippen LogP contribution is 2.30. The highest BCUT2D eigenvalue weighted by molar-refractivity contribution is 7.89. The van der Waals surface area contributed by atoms with Gasteiger partial charge in [-0.05, 0) is 75.4 Å². The summed E-state index contributed by atoms with van der Waals surface area (Å²) in [5, 5.41) is 3.55. The topological polar surface area (TPSA) is 78.5 Å². The minimum Gasteiger partial charge on any atom is -0.356 e. The van der Waals surface area contributed by atoms with E-state index in [0.717, 1.165) is 6.54 Å². The Morgan fingerprint density at radius 1 is 1.11 bits per heavy atom. The molecule has 2 fully saturated rings. The lowest BCUT2D eigenvalue weighted by molar-refractivity contribution is -0.121. The number of amides is 1. The van der Waals surface area contributed by atoms with Gasteiger partial charge in [-0.15, -0.1) is 0 Å². The molecule has 0 aromatic heterocycles. The summed E-state index contributed by atoms with van der Waals surface area (Å²) in [6, 6.07) is 6.64. The van der Waals surface area contributed by atoms with E-state index in [-0.39, 0.29) is 17.3 Å². The van der Waals surface area contributed by atoms with Crippen LogP contribution in [0.15, 0.2) is 29.2 Å². The number of carbonyl (C=O) groups is 1. The molecule has 2 aliphatic rings. The van der Waals surface area contributed by atoms with Crippen LogP contribution in [-0.4, -0.2) is 51.4 Å². The van der Waals surface area contributed by atoms with Crippen LogP contribution in [-0.2, 0) is 14.8 Å². The van der Waals surface area contributed by atoms with Crippen molar-refractivity contribution in [1.29, 1.82) is 0 Å². The number of piperidine rings is 2. The molecule has 156 valence electrons. The summed E-state index contributed by atoms with van der Waals surface area (Å²) in [5.41, 5.74) is 0.